The first-order chi connectivity index (χ1) is 12.2. The van der Waals surface area contributed by atoms with Crippen LogP contribution in [0.5, 0.6) is 0 Å². The number of piperidine rings is 1. The molecule has 1 saturated heterocycles. The Morgan fingerprint density at radius 2 is 1.64 bits per heavy atom. The molecule has 0 radical (unpaired) electrons. The highest BCUT2D eigenvalue weighted by atomic mass is 16.3. The lowest BCUT2D eigenvalue weighted by Crippen LogP contribution is -2.50. The topological polar surface area (TPSA) is 66.6 Å². The van der Waals surface area contributed by atoms with Crippen LogP contribution < -0.4 is 5.73 Å². The van der Waals surface area contributed by atoms with Gasteiger partial charge in [-0.05, 0) is 24.0 Å². The lowest BCUT2D eigenvalue weighted by Gasteiger charge is -2.44. The van der Waals surface area contributed by atoms with E-state index in [4.69, 9.17) is 5.73 Å². The Morgan fingerprint density at radius 3 is 2.16 bits per heavy atom. The fraction of sp³-hybridized carbons (Fsp3) is 0.381. The van der Waals surface area contributed by atoms with Crippen LogP contribution in [0.4, 0.5) is 0 Å². The summed E-state index contributed by atoms with van der Waals surface area (Å²) in [5.74, 6) is -0.0195. The number of carbonyl (C=O) groups excluding carboxylic acids is 1. The smallest absolute Gasteiger partial charge is 0.225 e. The molecule has 3 rings (SSSR count). The summed E-state index contributed by atoms with van der Waals surface area (Å²) in [5, 5.41) is 9.75. The van der Waals surface area contributed by atoms with E-state index in [-0.39, 0.29) is 24.3 Å². The molecule has 1 atom stereocenters. The summed E-state index contributed by atoms with van der Waals surface area (Å²) in [4.78, 5) is 14.5. The second-order valence-corrected chi connectivity index (χ2v) is 6.83. The van der Waals surface area contributed by atoms with Gasteiger partial charge in [0.2, 0.25) is 5.91 Å². The first kappa shape index (κ1) is 17.6. The number of benzene rings is 2. The summed E-state index contributed by atoms with van der Waals surface area (Å²) in [7, 11) is 0. The van der Waals surface area contributed by atoms with E-state index < -0.39 is 6.10 Å². The number of hydrogen-bond acceptors (Lipinski definition) is 3. The number of aliphatic hydroxyl groups is 1. The Labute approximate surface area is 149 Å². The van der Waals surface area contributed by atoms with Gasteiger partial charge in [-0.1, -0.05) is 60.7 Å². The normalized spacial score (nSPS) is 17.9. The van der Waals surface area contributed by atoms with Gasteiger partial charge < -0.3 is 15.7 Å². The van der Waals surface area contributed by atoms with Crippen molar-refractivity contribution in [1.29, 1.82) is 0 Å². The molecule has 2 aromatic rings. The summed E-state index contributed by atoms with van der Waals surface area (Å²) in [6.45, 7) is 1.48. The molecule has 132 valence electrons. The third-order valence-corrected chi connectivity index (χ3v) is 5.18. The van der Waals surface area contributed by atoms with Gasteiger partial charge in [0.25, 0.3) is 0 Å². The summed E-state index contributed by atoms with van der Waals surface area (Å²) < 4.78 is 0. The third-order valence-electron chi connectivity index (χ3n) is 5.18. The highest BCUT2D eigenvalue weighted by Gasteiger charge is 2.40. The van der Waals surface area contributed by atoms with Crippen LogP contribution in [-0.2, 0) is 10.2 Å². The Hall–Kier alpha value is -2.17. The third kappa shape index (κ3) is 3.75. The van der Waals surface area contributed by atoms with Crippen molar-refractivity contribution in [3.05, 3.63) is 71.8 Å². The predicted octanol–water partition coefficient (Wildman–Crippen LogP) is 2.30. The molecule has 1 aliphatic heterocycles. The van der Waals surface area contributed by atoms with Crippen LogP contribution in [0.2, 0.25) is 0 Å². The van der Waals surface area contributed by atoms with Crippen LogP contribution in [0.25, 0.3) is 0 Å². The molecule has 1 heterocycles. The fourth-order valence-corrected chi connectivity index (χ4v) is 3.83. The second kappa shape index (κ2) is 7.81. The van der Waals surface area contributed by atoms with Crippen molar-refractivity contribution in [3.63, 3.8) is 0 Å². The standard InChI is InChI=1S/C21H26N2O2/c22-15-19(24)14-20(25)23-13-7-12-21(16-23,17-8-3-1-4-9-17)18-10-5-2-6-11-18/h1-6,8-11,19,24H,7,12-16,22H2. The average molecular weight is 338 g/mol. The zero-order valence-electron chi connectivity index (χ0n) is 14.5. The quantitative estimate of drug-likeness (QED) is 0.879. The molecule has 0 saturated carbocycles. The number of aliphatic hydroxyl groups excluding tert-OH is 1. The van der Waals surface area contributed by atoms with E-state index in [2.05, 4.69) is 48.5 Å². The lowest BCUT2D eigenvalue weighted by molar-refractivity contribution is -0.135. The Kier molecular flexibility index (Phi) is 5.51. The second-order valence-electron chi connectivity index (χ2n) is 6.83. The maximum atomic E-state index is 12.6. The largest absolute Gasteiger partial charge is 0.391 e. The minimum Gasteiger partial charge on any atom is -0.391 e. The summed E-state index contributed by atoms with van der Waals surface area (Å²) in [6.07, 6.45) is 1.27. The van der Waals surface area contributed by atoms with Gasteiger partial charge in [-0.25, -0.2) is 0 Å². The predicted molar refractivity (Wildman–Crippen MR) is 99.2 cm³/mol. The van der Waals surface area contributed by atoms with Gasteiger partial charge in [-0.2, -0.15) is 0 Å². The van der Waals surface area contributed by atoms with Crippen molar-refractivity contribution < 1.29 is 9.90 Å². The number of rotatable bonds is 5. The molecular formula is C21H26N2O2. The van der Waals surface area contributed by atoms with Gasteiger partial charge >= 0.3 is 0 Å². The molecule has 1 amide bonds. The van der Waals surface area contributed by atoms with E-state index in [1.165, 1.54) is 11.1 Å². The van der Waals surface area contributed by atoms with Crippen LogP contribution in [0.1, 0.15) is 30.4 Å². The van der Waals surface area contributed by atoms with E-state index >= 15 is 0 Å². The minimum atomic E-state index is -0.766. The van der Waals surface area contributed by atoms with E-state index in [1.54, 1.807) is 0 Å². The van der Waals surface area contributed by atoms with Crippen LogP contribution in [0.3, 0.4) is 0 Å². The van der Waals surface area contributed by atoms with Gasteiger partial charge in [-0.15, -0.1) is 0 Å². The van der Waals surface area contributed by atoms with Crippen molar-refractivity contribution in [2.45, 2.75) is 30.8 Å². The van der Waals surface area contributed by atoms with Crippen molar-refractivity contribution >= 4 is 5.91 Å². The zero-order chi connectivity index (χ0) is 17.7. The van der Waals surface area contributed by atoms with E-state index in [9.17, 15) is 9.90 Å². The zero-order valence-corrected chi connectivity index (χ0v) is 14.5. The van der Waals surface area contributed by atoms with Gasteiger partial charge in [0.1, 0.15) is 0 Å². The summed E-state index contributed by atoms with van der Waals surface area (Å²) in [6, 6.07) is 20.9. The Balaban J connectivity index is 1.94. The SMILES string of the molecule is NCC(O)CC(=O)N1CCCC(c2ccccc2)(c2ccccc2)C1. The lowest BCUT2D eigenvalue weighted by atomic mass is 9.69. The van der Waals surface area contributed by atoms with Crippen LogP contribution >= 0.6 is 0 Å². The first-order valence-corrected chi connectivity index (χ1v) is 8.93. The van der Waals surface area contributed by atoms with E-state index in [0.29, 0.717) is 6.54 Å². The summed E-state index contributed by atoms with van der Waals surface area (Å²) in [5.41, 5.74) is 7.73. The molecule has 0 spiro atoms. The maximum absolute atomic E-state index is 12.6. The highest BCUT2D eigenvalue weighted by Crippen LogP contribution is 2.40. The van der Waals surface area contributed by atoms with Crippen LogP contribution in [-0.4, -0.2) is 41.7 Å². The molecule has 4 heteroatoms. The molecule has 1 fully saturated rings. The average Bonchev–Trinajstić information content (AvgIpc) is 2.69. The Bertz CT molecular complexity index is 648. The maximum Gasteiger partial charge on any atom is 0.225 e. The van der Waals surface area contributed by atoms with Gasteiger partial charge in [0.05, 0.1) is 12.5 Å². The summed E-state index contributed by atoms with van der Waals surface area (Å²) >= 11 is 0. The molecule has 3 N–H and O–H groups in total. The fourth-order valence-electron chi connectivity index (χ4n) is 3.83. The highest BCUT2D eigenvalue weighted by molar-refractivity contribution is 5.77. The van der Waals surface area contributed by atoms with Gasteiger partial charge in [-0.3, -0.25) is 4.79 Å². The number of nitrogens with two attached hydrogens (primary N) is 1. The van der Waals surface area contributed by atoms with Crippen molar-refractivity contribution in [2.75, 3.05) is 19.6 Å². The van der Waals surface area contributed by atoms with Crippen LogP contribution in [0, 0.1) is 0 Å². The molecule has 2 aromatic carbocycles. The number of carbonyl (C=O) groups is 1. The molecule has 0 bridgehead atoms. The molecule has 0 aromatic heterocycles. The minimum absolute atomic E-state index is 0.0195. The van der Waals surface area contributed by atoms with Crippen molar-refractivity contribution in [2.24, 2.45) is 5.73 Å². The molecule has 1 unspecified atom stereocenters. The molecule has 1 aliphatic rings. The first-order valence-electron chi connectivity index (χ1n) is 8.93. The van der Waals surface area contributed by atoms with Gasteiger partial charge in [0, 0.05) is 25.0 Å². The molecule has 25 heavy (non-hydrogen) atoms. The number of hydrogen-bond donors (Lipinski definition) is 2. The Morgan fingerprint density at radius 1 is 1.08 bits per heavy atom. The van der Waals surface area contributed by atoms with Crippen molar-refractivity contribution in [1.82, 2.24) is 4.90 Å². The molecule has 0 aliphatic carbocycles. The monoisotopic (exact) mass is 338 g/mol. The van der Waals surface area contributed by atoms with Gasteiger partial charge in [0.15, 0.2) is 0 Å². The number of likely N-dealkylation sites (tertiary alicyclic amines) is 1. The number of amides is 1. The van der Waals surface area contributed by atoms with E-state index in [0.717, 1.165) is 19.4 Å². The van der Waals surface area contributed by atoms with Crippen molar-refractivity contribution in [3.8, 4) is 0 Å². The number of nitrogens with zero attached hydrogens (tertiary/aromatic N) is 1. The van der Waals surface area contributed by atoms with E-state index in [1.807, 2.05) is 17.0 Å². The molecular weight excluding hydrogens is 312 g/mol. The van der Waals surface area contributed by atoms with Crippen LogP contribution in [0.15, 0.2) is 60.7 Å². The molecule has 4 nitrogen and oxygen atoms in total.